The van der Waals surface area contributed by atoms with Gasteiger partial charge in [-0.2, -0.15) is 0 Å². The molecular weight excluding hydrogens is 204 g/mol. The zero-order valence-corrected chi connectivity index (χ0v) is 10.2. The van der Waals surface area contributed by atoms with Gasteiger partial charge in [0.2, 0.25) is 0 Å². The Morgan fingerprint density at radius 1 is 1.38 bits per heavy atom. The SMILES string of the molecule is CCCCCCOC(=O)C12CCCCC1O2. The lowest BCUT2D eigenvalue weighted by molar-refractivity contribution is -0.150. The second-order valence-corrected chi connectivity index (χ2v) is 4.94. The van der Waals surface area contributed by atoms with Crippen molar-refractivity contribution in [1.82, 2.24) is 0 Å². The third-order valence-electron chi connectivity index (χ3n) is 3.66. The van der Waals surface area contributed by atoms with E-state index in [-0.39, 0.29) is 12.1 Å². The first-order valence-electron chi connectivity index (χ1n) is 6.64. The minimum absolute atomic E-state index is 0.103. The summed E-state index contributed by atoms with van der Waals surface area (Å²) in [7, 11) is 0. The summed E-state index contributed by atoms with van der Waals surface area (Å²) in [5.41, 5.74) is -0.511. The van der Waals surface area contributed by atoms with Gasteiger partial charge in [0.1, 0.15) is 0 Å². The number of rotatable bonds is 6. The zero-order valence-electron chi connectivity index (χ0n) is 10.2. The monoisotopic (exact) mass is 226 g/mol. The summed E-state index contributed by atoms with van der Waals surface area (Å²) in [5.74, 6) is -0.103. The molecule has 0 aromatic carbocycles. The summed E-state index contributed by atoms with van der Waals surface area (Å²) in [6.07, 6.45) is 8.93. The summed E-state index contributed by atoms with van der Waals surface area (Å²) in [4.78, 5) is 11.8. The molecule has 2 rings (SSSR count). The van der Waals surface area contributed by atoms with Gasteiger partial charge in [0.15, 0.2) is 5.60 Å². The number of hydrogen-bond acceptors (Lipinski definition) is 3. The molecule has 0 amide bonds. The van der Waals surface area contributed by atoms with Gasteiger partial charge in [0, 0.05) is 0 Å². The van der Waals surface area contributed by atoms with Crippen LogP contribution in [-0.4, -0.2) is 24.3 Å². The number of carbonyl (C=O) groups excluding carboxylic acids is 1. The number of carbonyl (C=O) groups is 1. The lowest BCUT2D eigenvalue weighted by Crippen LogP contribution is -2.32. The van der Waals surface area contributed by atoms with Gasteiger partial charge in [0.25, 0.3) is 0 Å². The van der Waals surface area contributed by atoms with Crippen LogP contribution < -0.4 is 0 Å². The van der Waals surface area contributed by atoms with Gasteiger partial charge in [0.05, 0.1) is 12.7 Å². The fourth-order valence-electron chi connectivity index (χ4n) is 2.55. The smallest absolute Gasteiger partial charge is 0.341 e. The van der Waals surface area contributed by atoms with E-state index in [1.807, 2.05) is 0 Å². The van der Waals surface area contributed by atoms with Crippen molar-refractivity contribution >= 4 is 5.97 Å². The predicted molar refractivity (Wildman–Crippen MR) is 61.2 cm³/mol. The topological polar surface area (TPSA) is 38.8 Å². The molecule has 0 aromatic rings. The number of unbranched alkanes of at least 4 members (excludes halogenated alkanes) is 3. The molecule has 1 saturated carbocycles. The van der Waals surface area contributed by atoms with Crippen LogP contribution in [0.4, 0.5) is 0 Å². The number of hydrogen-bond donors (Lipinski definition) is 0. The molecule has 1 heterocycles. The first kappa shape index (κ1) is 11.9. The number of epoxide rings is 1. The van der Waals surface area contributed by atoms with Gasteiger partial charge in [-0.3, -0.25) is 0 Å². The van der Waals surface area contributed by atoms with Crippen LogP contribution in [0.1, 0.15) is 58.3 Å². The third-order valence-corrected chi connectivity index (χ3v) is 3.66. The Morgan fingerprint density at radius 2 is 2.25 bits per heavy atom. The molecule has 0 N–H and O–H groups in total. The second-order valence-electron chi connectivity index (χ2n) is 4.94. The molecule has 2 aliphatic rings. The van der Waals surface area contributed by atoms with Crippen LogP contribution in [0, 0.1) is 0 Å². The van der Waals surface area contributed by atoms with Crippen LogP contribution >= 0.6 is 0 Å². The van der Waals surface area contributed by atoms with Gasteiger partial charge in [-0.1, -0.05) is 32.6 Å². The standard InChI is InChI=1S/C13H22O3/c1-2-3-4-7-10-15-12(14)13-9-6-5-8-11(13)16-13/h11H,2-10H2,1H3. The Balaban J connectivity index is 1.65. The maximum absolute atomic E-state index is 11.8. The number of esters is 1. The molecule has 3 heteroatoms. The highest BCUT2D eigenvalue weighted by Gasteiger charge is 2.64. The van der Waals surface area contributed by atoms with E-state index < -0.39 is 5.60 Å². The highest BCUT2D eigenvalue weighted by atomic mass is 16.7. The van der Waals surface area contributed by atoms with E-state index in [9.17, 15) is 4.79 Å². The molecule has 0 spiro atoms. The fourth-order valence-corrected chi connectivity index (χ4v) is 2.55. The van der Waals surface area contributed by atoms with E-state index in [4.69, 9.17) is 9.47 Å². The van der Waals surface area contributed by atoms with Crippen molar-refractivity contribution in [3.05, 3.63) is 0 Å². The van der Waals surface area contributed by atoms with Crippen LogP contribution in [0.15, 0.2) is 0 Å². The zero-order chi connectivity index (χ0) is 11.4. The van der Waals surface area contributed by atoms with Gasteiger partial charge in [-0.25, -0.2) is 4.79 Å². The number of ether oxygens (including phenoxy) is 2. The Hall–Kier alpha value is -0.570. The summed E-state index contributed by atoms with van der Waals surface area (Å²) < 4.78 is 10.8. The van der Waals surface area contributed by atoms with Gasteiger partial charge in [-0.05, 0) is 25.7 Å². The molecule has 1 saturated heterocycles. The van der Waals surface area contributed by atoms with Crippen LogP contribution in [0.3, 0.4) is 0 Å². The lowest BCUT2D eigenvalue weighted by Gasteiger charge is -2.15. The molecule has 2 unspecified atom stereocenters. The van der Waals surface area contributed by atoms with E-state index in [1.54, 1.807) is 0 Å². The van der Waals surface area contributed by atoms with Crippen molar-refractivity contribution in [2.24, 2.45) is 0 Å². The van der Waals surface area contributed by atoms with E-state index in [0.717, 1.165) is 32.1 Å². The van der Waals surface area contributed by atoms with Crippen molar-refractivity contribution in [3.63, 3.8) is 0 Å². The third kappa shape index (κ3) is 2.40. The predicted octanol–water partition coefficient (Wildman–Crippen LogP) is 2.82. The van der Waals surface area contributed by atoms with Crippen molar-refractivity contribution in [2.45, 2.75) is 70.0 Å². The average molecular weight is 226 g/mol. The Bertz CT molecular complexity index is 252. The fraction of sp³-hybridized carbons (Fsp3) is 0.923. The van der Waals surface area contributed by atoms with E-state index in [0.29, 0.717) is 6.61 Å². The molecule has 0 aromatic heterocycles. The molecule has 16 heavy (non-hydrogen) atoms. The highest BCUT2D eigenvalue weighted by Crippen LogP contribution is 2.48. The largest absolute Gasteiger partial charge is 0.463 e. The van der Waals surface area contributed by atoms with Crippen LogP contribution in [0.2, 0.25) is 0 Å². The number of fused-ring (bicyclic) bond motifs is 1. The van der Waals surface area contributed by atoms with Gasteiger partial charge >= 0.3 is 5.97 Å². The van der Waals surface area contributed by atoms with Crippen molar-refractivity contribution in [2.75, 3.05) is 6.61 Å². The highest BCUT2D eigenvalue weighted by molar-refractivity contribution is 5.83. The van der Waals surface area contributed by atoms with Gasteiger partial charge < -0.3 is 9.47 Å². The van der Waals surface area contributed by atoms with Crippen molar-refractivity contribution in [3.8, 4) is 0 Å². The van der Waals surface area contributed by atoms with Crippen molar-refractivity contribution in [1.29, 1.82) is 0 Å². The maximum atomic E-state index is 11.8. The Morgan fingerprint density at radius 3 is 3.00 bits per heavy atom. The normalized spacial score (nSPS) is 31.9. The van der Waals surface area contributed by atoms with E-state index in [1.165, 1.54) is 19.3 Å². The first-order chi connectivity index (χ1) is 7.79. The second kappa shape index (κ2) is 5.17. The molecule has 92 valence electrons. The summed E-state index contributed by atoms with van der Waals surface area (Å²) in [5, 5.41) is 0. The quantitative estimate of drug-likeness (QED) is 0.397. The molecule has 0 bridgehead atoms. The lowest BCUT2D eigenvalue weighted by atomic mass is 9.89. The van der Waals surface area contributed by atoms with E-state index in [2.05, 4.69) is 6.92 Å². The van der Waals surface area contributed by atoms with Crippen LogP contribution in [-0.2, 0) is 14.3 Å². The molecule has 1 aliphatic heterocycles. The summed E-state index contributed by atoms with van der Waals surface area (Å²) in [6.45, 7) is 2.74. The molecular formula is C13H22O3. The molecule has 1 aliphatic carbocycles. The minimum Gasteiger partial charge on any atom is -0.463 e. The minimum atomic E-state index is -0.511. The average Bonchev–Trinajstić information content (AvgIpc) is 3.04. The summed E-state index contributed by atoms with van der Waals surface area (Å²) in [6, 6.07) is 0. The molecule has 3 nitrogen and oxygen atoms in total. The molecule has 2 atom stereocenters. The van der Waals surface area contributed by atoms with E-state index >= 15 is 0 Å². The summed E-state index contributed by atoms with van der Waals surface area (Å²) >= 11 is 0. The van der Waals surface area contributed by atoms with Crippen LogP contribution in [0.25, 0.3) is 0 Å². The van der Waals surface area contributed by atoms with Crippen molar-refractivity contribution < 1.29 is 14.3 Å². The maximum Gasteiger partial charge on any atom is 0.341 e. The molecule has 0 radical (unpaired) electrons. The van der Waals surface area contributed by atoms with Gasteiger partial charge in [-0.15, -0.1) is 0 Å². The first-order valence-corrected chi connectivity index (χ1v) is 6.64. The van der Waals surface area contributed by atoms with Crippen LogP contribution in [0.5, 0.6) is 0 Å². The Labute approximate surface area is 97.5 Å². The Kier molecular flexibility index (Phi) is 3.85. The molecule has 2 fully saturated rings.